The fourth-order valence-electron chi connectivity index (χ4n) is 5.55. The molecule has 0 aromatic rings. The van der Waals surface area contributed by atoms with Crippen LogP contribution in [0.15, 0.2) is 36.0 Å². The number of carbonyl (C=O) groups excluding carboxylic acids is 3. The second-order valence-corrected chi connectivity index (χ2v) is 8.62. The Hall–Kier alpha value is -2.41. The molecule has 0 unspecified atom stereocenters. The number of cyclic esters (lactones) is 1. The van der Waals surface area contributed by atoms with Crippen LogP contribution in [-0.4, -0.2) is 43.1 Å². The van der Waals surface area contributed by atoms with Gasteiger partial charge in [-0.05, 0) is 50.0 Å². The van der Waals surface area contributed by atoms with E-state index >= 15 is 0 Å². The predicted octanol–water partition coefficient (Wildman–Crippen LogP) is 1.78. The first-order valence-corrected chi connectivity index (χ1v) is 10.1. The highest BCUT2D eigenvalue weighted by Gasteiger charge is 2.58. The topological polar surface area (TPSA) is 108 Å². The summed E-state index contributed by atoms with van der Waals surface area (Å²) in [5.41, 5.74) is 6.19. The van der Waals surface area contributed by atoms with E-state index in [0.29, 0.717) is 25.0 Å². The largest absolute Gasteiger partial charge is 0.459 e. The molecule has 0 saturated heterocycles. The van der Waals surface area contributed by atoms with Crippen LogP contribution in [0.4, 0.5) is 0 Å². The molecule has 0 aromatic heterocycles. The summed E-state index contributed by atoms with van der Waals surface area (Å²) in [5, 5.41) is 2.97. The minimum absolute atomic E-state index is 0.0366. The van der Waals surface area contributed by atoms with Crippen molar-refractivity contribution in [3.8, 4) is 0 Å². The zero-order valence-electron chi connectivity index (χ0n) is 17.1. The lowest BCUT2D eigenvalue weighted by molar-refractivity contribution is -0.166. The first-order valence-electron chi connectivity index (χ1n) is 10.1. The number of hydrogen-bond donors (Lipinski definition) is 2. The molecular formula is C22H30N2O5. The van der Waals surface area contributed by atoms with Crippen LogP contribution in [0.2, 0.25) is 0 Å². The number of nitrogens with two attached hydrogens (primary N) is 1. The summed E-state index contributed by atoms with van der Waals surface area (Å²) >= 11 is 0. The zero-order valence-corrected chi connectivity index (χ0v) is 17.1. The highest BCUT2D eigenvalue weighted by Crippen LogP contribution is 2.58. The molecule has 29 heavy (non-hydrogen) atoms. The number of allylic oxidation sites excluding steroid dienone is 2. The Bertz CT molecular complexity index is 773. The van der Waals surface area contributed by atoms with Gasteiger partial charge < -0.3 is 20.5 Å². The molecule has 2 saturated carbocycles. The third kappa shape index (κ3) is 3.75. The maximum atomic E-state index is 11.9. The number of amides is 1. The van der Waals surface area contributed by atoms with E-state index in [1.54, 1.807) is 6.08 Å². The molecule has 5 atom stereocenters. The van der Waals surface area contributed by atoms with E-state index in [2.05, 4.69) is 18.8 Å². The van der Waals surface area contributed by atoms with Crippen LogP contribution in [0, 0.1) is 17.3 Å². The molecule has 3 N–H and O–H groups in total. The summed E-state index contributed by atoms with van der Waals surface area (Å²) in [5.74, 6) is -0.682. The van der Waals surface area contributed by atoms with Crippen LogP contribution < -0.4 is 11.1 Å². The van der Waals surface area contributed by atoms with Gasteiger partial charge in [0.15, 0.2) is 0 Å². The first kappa shape index (κ1) is 21.3. The Morgan fingerprint density at radius 3 is 2.83 bits per heavy atom. The van der Waals surface area contributed by atoms with Gasteiger partial charge in [0.05, 0.1) is 17.7 Å². The van der Waals surface area contributed by atoms with Gasteiger partial charge in [-0.1, -0.05) is 31.2 Å². The van der Waals surface area contributed by atoms with Gasteiger partial charge in [0, 0.05) is 5.92 Å². The Kier molecular flexibility index (Phi) is 5.98. The highest BCUT2D eigenvalue weighted by molar-refractivity contribution is 5.93. The average molecular weight is 402 g/mol. The molecule has 0 bridgehead atoms. The fourth-order valence-corrected chi connectivity index (χ4v) is 5.55. The second kappa shape index (κ2) is 8.14. The molecule has 1 amide bonds. The molecule has 7 heteroatoms. The number of fused-ring (bicyclic) bond motifs is 1. The summed E-state index contributed by atoms with van der Waals surface area (Å²) in [6.07, 6.45) is 8.92. The maximum Gasteiger partial charge on any atom is 0.338 e. The van der Waals surface area contributed by atoms with Gasteiger partial charge in [0.1, 0.15) is 12.7 Å². The lowest BCUT2D eigenvalue weighted by Gasteiger charge is -2.59. The molecule has 3 aliphatic rings. The number of carbonyl (C=O) groups is 3. The van der Waals surface area contributed by atoms with Gasteiger partial charge in [-0.15, -0.1) is 0 Å². The van der Waals surface area contributed by atoms with Gasteiger partial charge >= 0.3 is 11.9 Å². The molecule has 158 valence electrons. The Morgan fingerprint density at radius 2 is 2.21 bits per heavy atom. The van der Waals surface area contributed by atoms with Crippen molar-refractivity contribution < 1.29 is 23.9 Å². The van der Waals surface area contributed by atoms with Gasteiger partial charge in [-0.3, -0.25) is 9.59 Å². The molecule has 2 fully saturated rings. The number of ether oxygens (including phenoxy) is 2. The summed E-state index contributed by atoms with van der Waals surface area (Å²) in [6, 6.07) is 0. The minimum Gasteiger partial charge on any atom is -0.459 e. The van der Waals surface area contributed by atoms with Crippen LogP contribution >= 0.6 is 0 Å². The van der Waals surface area contributed by atoms with E-state index in [1.165, 1.54) is 0 Å². The van der Waals surface area contributed by atoms with Crippen LogP contribution in [0.25, 0.3) is 0 Å². The van der Waals surface area contributed by atoms with E-state index in [-0.39, 0.29) is 29.8 Å². The van der Waals surface area contributed by atoms with Crippen LogP contribution in [0.5, 0.6) is 0 Å². The standard InChI is InChI=1S/C22H30N2O5/c1-14-4-7-17-21(2,16(14)6-5-15-9-11-28-20(15)27)10-8-18(29-19(26)12-23)22(17,3)24-13-25/h5-6,9,13,16-18H,1,4,7-8,10-12,23H2,2-3H3,(H,24,25)/b6-5+/t16-,17+,18-,21+,22+/m1/s1. The van der Waals surface area contributed by atoms with Crippen molar-refractivity contribution in [2.75, 3.05) is 13.2 Å². The van der Waals surface area contributed by atoms with E-state index in [4.69, 9.17) is 15.2 Å². The normalized spacial score (nSPS) is 36.9. The molecule has 3 rings (SSSR count). The molecule has 0 spiro atoms. The van der Waals surface area contributed by atoms with Crippen molar-refractivity contribution in [2.24, 2.45) is 23.0 Å². The van der Waals surface area contributed by atoms with Gasteiger partial charge in [-0.2, -0.15) is 0 Å². The molecule has 1 heterocycles. The van der Waals surface area contributed by atoms with Crippen LogP contribution in [0.3, 0.4) is 0 Å². The maximum absolute atomic E-state index is 11.9. The molecule has 7 nitrogen and oxygen atoms in total. The summed E-state index contributed by atoms with van der Waals surface area (Å²) in [6.45, 7) is 8.55. The van der Waals surface area contributed by atoms with Crippen molar-refractivity contribution in [2.45, 2.75) is 51.2 Å². The molecule has 2 aliphatic carbocycles. The second-order valence-electron chi connectivity index (χ2n) is 8.62. The van der Waals surface area contributed by atoms with Crippen molar-refractivity contribution in [3.05, 3.63) is 36.0 Å². The third-order valence-electron chi connectivity index (χ3n) is 7.07. The smallest absolute Gasteiger partial charge is 0.338 e. The zero-order chi connectivity index (χ0) is 21.2. The summed E-state index contributed by atoms with van der Waals surface area (Å²) in [4.78, 5) is 35.1. The number of esters is 2. The summed E-state index contributed by atoms with van der Waals surface area (Å²) in [7, 11) is 0. The monoisotopic (exact) mass is 402 g/mol. The van der Waals surface area contributed by atoms with Crippen molar-refractivity contribution in [1.29, 1.82) is 0 Å². The van der Waals surface area contributed by atoms with Crippen LogP contribution in [-0.2, 0) is 23.9 Å². The van der Waals surface area contributed by atoms with Crippen molar-refractivity contribution >= 4 is 18.3 Å². The lowest BCUT2D eigenvalue weighted by atomic mass is 9.48. The number of hydrogen-bond acceptors (Lipinski definition) is 6. The molecule has 0 radical (unpaired) electrons. The third-order valence-corrected chi connectivity index (χ3v) is 7.07. The fraction of sp³-hybridized carbons (Fsp3) is 0.591. The van der Waals surface area contributed by atoms with Gasteiger partial charge in [0.2, 0.25) is 6.41 Å². The first-order chi connectivity index (χ1) is 13.8. The van der Waals surface area contributed by atoms with E-state index in [1.807, 2.05) is 19.1 Å². The van der Waals surface area contributed by atoms with Gasteiger partial charge in [0.25, 0.3) is 0 Å². The minimum atomic E-state index is -0.710. The van der Waals surface area contributed by atoms with E-state index in [0.717, 1.165) is 24.8 Å². The molecule has 0 aromatic carbocycles. The average Bonchev–Trinajstić information content (AvgIpc) is 3.08. The quantitative estimate of drug-likeness (QED) is 0.398. The van der Waals surface area contributed by atoms with Gasteiger partial charge in [-0.25, -0.2) is 4.79 Å². The Labute approximate surface area is 171 Å². The van der Waals surface area contributed by atoms with Crippen molar-refractivity contribution in [3.63, 3.8) is 0 Å². The number of nitrogens with one attached hydrogen (secondary N) is 1. The van der Waals surface area contributed by atoms with E-state index < -0.39 is 17.6 Å². The molecule has 1 aliphatic heterocycles. The van der Waals surface area contributed by atoms with E-state index in [9.17, 15) is 14.4 Å². The Balaban J connectivity index is 1.93. The predicted molar refractivity (Wildman–Crippen MR) is 107 cm³/mol. The lowest BCUT2D eigenvalue weighted by Crippen LogP contribution is -2.67. The summed E-state index contributed by atoms with van der Waals surface area (Å²) < 4.78 is 10.6. The molecular weight excluding hydrogens is 372 g/mol. The SMILES string of the molecule is C=C1CC[C@H]2[C@@](C)(CC[C@@H](OC(=O)CN)[C@@]2(C)NC=O)[C@@H]1/C=C/C1=CCOC1=O. The number of rotatable bonds is 6. The Morgan fingerprint density at radius 1 is 1.45 bits per heavy atom. The van der Waals surface area contributed by atoms with Crippen LogP contribution in [0.1, 0.15) is 39.5 Å². The highest BCUT2D eigenvalue weighted by atomic mass is 16.5. The van der Waals surface area contributed by atoms with Crippen molar-refractivity contribution in [1.82, 2.24) is 5.32 Å².